The number of ether oxygens (including phenoxy) is 1. The molecule has 1 aromatic rings. The van der Waals surface area contributed by atoms with E-state index >= 15 is 0 Å². The first kappa shape index (κ1) is 12.5. The lowest BCUT2D eigenvalue weighted by molar-refractivity contribution is 0.307. The van der Waals surface area contributed by atoms with Crippen molar-refractivity contribution in [1.29, 1.82) is 0 Å². The molecule has 1 heterocycles. The second-order valence-electron chi connectivity index (χ2n) is 2.51. The van der Waals surface area contributed by atoms with Gasteiger partial charge in [-0.15, -0.1) is 11.3 Å². The summed E-state index contributed by atoms with van der Waals surface area (Å²) in [5, 5.41) is 4.07. The molecule has 0 radical (unpaired) electrons. The van der Waals surface area contributed by atoms with Crippen molar-refractivity contribution in [3.8, 4) is 5.75 Å². The number of unbranched alkanes of at least 4 members (excludes halogenated alkanes) is 2. The predicted octanol–water partition coefficient (Wildman–Crippen LogP) is 4.34. The van der Waals surface area contributed by atoms with Gasteiger partial charge in [0.05, 0.1) is 6.61 Å². The van der Waals surface area contributed by atoms with Crippen LogP contribution in [0.3, 0.4) is 0 Å². The van der Waals surface area contributed by atoms with E-state index in [1.165, 1.54) is 19.3 Å². The molecule has 0 aliphatic heterocycles. The van der Waals surface area contributed by atoms with Crippen LogP contribution < -0.4 is 4.74 Å². The Morgan fingerprint density at radius 2 is 2.08 bits per heavy atom. The monoisotopic (exact) mass is 200 g/mol. The van der Waals surface area contributed by atoms with Crippen LogP contribution in [0.15, 0.2) is 16.8 Å². The van der Waals surface area contributed by atoms with Gasteiger partial charge in [-0.05, 0) is 17.9 Å². The summed E-state index contributed by atoms with van der Waals surface area (Å²) in [7, 11) is 0. The van der Waals surface area contributed by atoms with Crippen LogP contribution in [0.5, 0.6) is 5.75 Å². The first-order chi connectivity index (χ1) is 6.43. The van der Waals surface area contributed by atoms with Crippen LogP contribution in [0.25, 0.3) is 0 Å². The van der Waals surface area contributed by atoms with E-state index in [-0.39, 0.29) is 0 Å². The lowest BCUT2D eigenvalue weighted by Gasteiger charge is -2.01. The zero-order valence-corrected chi connectivity index (χ0v) is 9.69. The highest BCUT2D eigenvalue weighted by molar-refractivity contribution is 7.08. The van der Waals surface area contributed by atoms with Gasteiger partial charge < -0.3 is 4.74 Å². The smallest absolute Gasteiger partial charge is 0.129 e. The van der Waals surface area contributed by atoms with E-state index in [2.05, 4.69) is 6.92 Å². The third-order valence-electron chi connectivity index (χ3n) is 1.51. The third-order valence-corrected chi connectivity index (χ3v) is 2.17. The van der Waals surface area contributed by atoms with Crippen molar-refractivity contribution in [1.82, 2.24) is 0 Å². The van der Waals surface area contributed by atoms with Gasteiger partial charge in [0.2, 0.25) is 0 Å². The highest BCUT2D eigenvalue weighted by Crippen LogP contribution is 2.14. The summed E-state index contributed by atoms with van der Waals surface area (Å²) < 4.78 is 5.46. The zero-order chi connectivity index (χ0) is 9.94. The van der Waals surface area contributed by atoms with Crippen LogP contribution in [0.1, 0.15) is 40.0 Å². The van der Waals surface area contributed by atoms with Crippen LogP contribution in [0.4, 0.5) is 0 Å². The molecule has 0 aromatic carbocycles. The van der Waals surface area contributed by atoms with Gasteiger partial charge in [0.15, 0.2) is 0 Å². The molecule has 1 nitrogen and oxygen atoms in total. The fraction of sp³-hybridized carbons (Fsp3) is 0.636. The SMILES string of the molecule is CC.CCCCCOc1ccsc1. The molecule has 76 valence electrons. The van der Waals surface area contributed by atoms with Gasteiger partial charge in [-0.1, -0.05) is 33.6 Å². The minimum atomic E-state index is 0.866. The summed E-state index contributed by atoms with van der Waals surface area (Å²) in [5.41, 5.74) is 0. The summed E-state index contributed by atoms with van der Waals surface area (Å²) in [6.45, 7) is 7.06. The molecule has 0 spiro atoms. The van der Waals surface area contributed by atoms with Gasteiger partial charge in [-0.3, -0.25) is 0 Å². The van der Waals surface area contributed by atoms with Crippen molar-refractivity contribution in [3.63, 3.8) is 0 Å². The van der Waals surface area contributed by atoms with Crippen molar-refractivity contribution in [2.45, 2.75) is 40.0 Å². The maximum absolute atomic E-state index is 5.46. The molecule has 1 rings (SSSR count). The minimum Gasteiger partial charge on any atom is -0.493 e. The average molecular weight is 200 g/mol. The topological polar surface area (TPSA) is 9.23 Å². The Balaban J connectivity index is 0.000000671. The minimum absolute atomic E-state index is 0.866. The fourth-order valence-electron chi connectivity index (χ4n) is 0.876. The molecule has 0 bridgehead atoms. The Hall–Kier alpha value is -0.500. The van der Waals surface area contributed by atoms with E-state index in [0.717, 1.165) is 12.4 Å². The molecule has 0 N–H and O–H groups in total. The normalized spacial score (nSPS) is 8.85. The van der Waals surface area contributed by atoms with E-state index in [4.69, 9.17) is 4.74 Å². The largest absolute Gasteiger partial charge is 0.493 e. The molecule has 0 amide bonds. The van der Waals surface area contributed by atoms with E-state index in [0.29, 0.717) is 0 Å². The van der Waals surface area contributed by atoms with Crippen LogP contribution in [0.2, 0.25) is 0 Å². The molecule has 0 atom stereocenters. The number of hydrogen-bond donors (Lipinski definition) is 0. The molecule has 0 unspecified atom stereocenters. The van der Waals surface area contributed by atoms with E-state index < -0.39 is 0 Å². The van der Waals surface area contributed by atoms with Gasteiger partial charge in [-0.2, -0.15) is 0 Å². The molecule has 0 saturated carbocycles. The molecule has 2 heteroatoms. The summed E-state index contributed by atoms with van der Waals surface area (Å²) in [6.07, 6.45) is 3.70. The summed E-state index contributed by atoms with van der Waals surface area (Å²) in [6, 6.07) is 2.01. The Morgan fingerprint density at radius 1 is 1.31 bits per heavy atom. The van der Waals surface area contributed by atoms with Gasteiger partial charge in [0.25, 0.3) is 0 Å². The molecule has 0 aliphatic rings. The van der Waals surface area contributed by atoms with E-state index in [1.807, 2.05) is 30.7 Å². The van der Waals surface area contributed by atoms with Crippen LogP contribution in [-0.4, -0.2) is 6.61 Å². The maximum atomic E-state index is 5.46. The molecule has 13 heavy (non-hydrogen) atoms. The fourth-order valence-corrected chi connectivity index (χ4v) is 1.45. The Morgan fingerprint density at radius 3 is 2.62 bits per heavy atom. The first-order valence-electron chi connectivity index (χ1n) is 5.08. The van der Waals surface area contributed by atoms with Crippen LogP contribution >= 0.6 is 11.3 Å². The lowest BCUT2D eigenvalue weighted by Crippen LogP contribution is -1.95. The van der Waals surface area contributed by atoms with Crippen LogP contribution in [0, 0.1) is 0 Å². The molecular formula is C11H20OS. The number of thiophene rings is 1. The Kier molecular flexibility index (Phi) is 9.22. The summed E-state index contributed by atoms with van der Waals surface area (Å²) >= 11 is 1.68. The molecule has 1 aromatic heterocycles. The average Bonchev–Trinajstić information content (AvgIpc) is 2.68. The Bertz CT molecular complexity index is 170. The van der Waals surface area contributed by atoms with Crippen LogP contribution in [-0.2, 0) is 0 Å². The van der Waals surface area contributed by atoms with E-state index in [9.17, 15) is 0 Å². The second-order valence-corrected chi connectivity index (χ2v) is 3.29. The Labute approximate surface area is 85.7 Å². The number of hydrogen-bond acceptors (Lipinski definition) is 2. The molecule has 0 fully saturated rings. The second kappa shape index (κ2) is 9.59. The van der Waals surface area contributed by atoms with Crippen molar-refractivity contribution in [3.05, 3.63) is 16.8 Å². The van der Waals surface area contributed by atoms with Crippen molar-refractivity contribution >= 4 is 11.3 Å². The lowest BCUT2D eigenvalue weighted by atomic mass is 10.3. The highest BCUT2D eigenvalue weighted by atomic mass is 32.1. The quantitative estimate of drug-likeness (QED) is 0.642. The highest BCUT2D eigenvalue weighted by Gasteiger charge is 1.91. The van der Waals surface area contributed by atoms with Gasteiger partial charge in [-0.25, -0.2) is 0 Å². The van der Waals surface area contributed by atoms with E-state index in [1.54, 1.807) is 11.3 Å². The summed E-state index contributed by atoms with van der Waals surface area (Å²) in [5.74, 6) is 1.02. The maximum Gasteiger partial charge on any atom is 0.129 e. The molecule has 0 aliphatic carbocycles. The molecular weight excluding hydrogens is 180 g/mol. The predicted molar refractivity (Wildman–Crippen MR) is 60.7 cm³/mol. The van der Waals surface area contributed by atoms with Gasteiger partial charge >= 0.3 is 0 Å². The van der Waals surface area contributed by atoms with Gasteiger partial charge in [0, 0.05) is 5.38 Å². The van der Waals surface area contributed by atoms with Crippen molar-refractivity contribution in [2.75, 3.05) is 6.61 Å². The van der Waals surface area contributed by atoms with Crippen molar-refractivity contribution in [2.24, 2.45) is 0 Å². The number of rotatable bonds is 5. The third kappa shape index (κ3) is 6.64. The molecule has 0 saturated heterocycles. The zero-order valence-electron chi connectivity index (χ0n) is 8.88. The van der Waals surface area contributed by atoms with Crippen molar-refractivity contribution < 1.29 is 4.74 Å². The first-order valence-corrected chi connectivity index (χ1v) is 6.02. The van der Waals surface area contributed by atoms with Gasteiger partial charge in [0.1, 0.15) is 5.75 Å². The summed E-state index contributed by atoms with van der Waals surface area (Å²) in [4.78, 5) is 0. The standard InChI is InChI=1S/C9H14OS.C2H6/c1-2-3-4-6-10-9-5-7-11-8-9;1-2/h5,7-8H,2-4,6H2,1H3;1-2H3.